The third-order valence-corrected chi connectivity index (χ3v) is 1.78. The maximum atomic E-state index is 9.45. The number of hydrogen-bond donors (Lipinski definition) is 1. The lowest BCUT2D eigenvalue weighted by atomic mass is 10.1. The molecule has 1 rings (SSSR count). The van der Waals surface area contributed by atoms with Gasteiger partial charge in [-0.1, -0.05) is 6.08 Å². The van der Waals surface area contributed by atoms with E-state index in [4.69, 9.17) is 4.74 Å². The Labute approximate surface area is 67.2 Å². The quantitative estimate of drug-likeness (QED) is 0.662. The lowest BCUT2D eigenvalue weighted by Gasteiger charge is -2.14. The molecule has 1 N–H and O–H groups in total. The van der Waals surface area contributed by atoms with Gasteiger partial charge in [0.1, 0.15) is 5.76 Å². The zero-order chi connectivity index (χ0) is 8.27. The minimum absolute atomic E-state index is 0.332. The molecule has 0 fully saturated rings. The van der Waals surface area contributed by atoms with E-state index in [0.717, 1.165) is 24.2 Å². The Bertz CT molecular complexity index is 202. The molecule has 0 aromatic carbocycles. The maximum absolute atomic E-state index is 9.45. The zero-order valence-corrected chi connectivity index (χ0v) is 7.05. The van der Waals surface area contributed by atoms with Crippen LogP contribution in [0.15, 0.2) is 23.2 Å². The molecule has 0 atom stereocenters. The van der Waals surface area contributed by atoms with Crippen molar-refractivity contribution in [1.82, 2.24) is 0 Å². The van der Waals surface area contributed by atoms with Crippen LogP contribution in [0.4, 0.5) is 0 Å². The molecular formula is C9H14O2. The highest BCUT2D eigenvalue weighted by molar-refractivity contribution is 5.28. The molecule has 0 saturated heterocycles. The minimum Gasteiger partial charge on any atom is -0.504 e. The average Bonchev–Trinajstić information content (AvgIpc) is 1.99. The summed E-state index contributed by atoms with van der Waals surface area (Å²) >= 11 is 0. The summed E-state index contributed by atoms with van der Waals surface area (Å²) < 4.78 is 5.25. The van der Waals surface area contributed by atoms with Crippen LogP contribution >= 0.6 is 0 Å². The van der Waals surface area contributed by atoms with E-state index in [2.05, 4.69) is 0 Å². The van der Waals surface area contributed by atoms with Crippen molar-refractivity contribution in [2.75, 3.05) is 6.61 Å². The normalized spacial score (nSPS) is 18.2. The van der Waals surface area contributed by atoms with E-state index in [1.165, 1.54) is 0 Å². The first kappa shape index (κ1) is 8.18. The van der Waals surface area contributed by atoms with Crippen LogP contribution in [0.5, 0.6) is 0 Å². The van der Waals surface area contributed by atoms with Gasteiger partial charge in [0.15, 0.2) is 5.76 Å². The predicted octanol–water partition coefficient (Wildman–Crippen LogP) is 2.53. The maximum Gasteiger partial charge on any atom is 0.155 e. The largest absolute Gasteiger partial charge is 0.504 e. The van der Waals surface area contributed by atoms with Crippen molar-refractivity contribution in [2.24, 2.45) is 0 Å². The number of aliphatic hydroxyl groups excluding tert-OH is 1. The molecule has 0 aromatic heterocycles. The van der Waals surface area contributed by atoms with Crippen molar-refractivity contribution in [1.29, 1.82) is 0 Å². The van der Waals surface area contributed by atoms with Crippen molar-refractivity contribution in [2.45, 2.75) is 26.7 Å². The van der Waals surface area contributed by atoms with Crippen LogP contribution in [0, 0.1) is 0 Å². The van der Waals surface area contributed by atoms with Gasteiger partial charge in [0.05, 0.1) is 6.61 Å². The highest BCUT2D eigenvalue weighted by atomic mass is 16.5. The number of aliphatic hydroxyl groups is 1. The van der Waals surface area contributed by atoms with E-state index in [1.807, 2.05) is 19.9 Å². The Kier molecular flexibility index (Phi) is 2.58. The van der Waals surface area contributed by atoms with Gasteiger partial charge in [-0.3, -0.25) is 0 Å². The lowest BCUT2D eigenvalue weighted by Crippen LogP contribution is -2.02. The van der Waals surface area contributed by atoms with Gasteiger partial charge in [-0.25, -0.2) is 0 Å². The fraction of sp³-hybridized carbons (Fsp3) is 0.556. The summed E-state index contributed by atoms with van der Waals surface area (Å²) in [6, 6.07) is 0. The molecule has 2 nitrogen and oxygen atoms in total. The van der Waals surface area contributed by atoms with Gasteiger partial charge in [-0.15, -0.1) is 0 Å². The third-order valence-electron chi connectivity index (χ3n) is 1.78. The number of rotatable bonds is 2. The van der Waals surface area contributed by atoms with E-state index < -0.39 is 0 Å². The van der Waals surface area contributed by atoms with Gasteiger partial charge in [0.2, 0.25) is 0 Å². The smallest absolute Gasteiger partial charge is 0.155 e. The van der Waals surface area contributed by atoms with Gasteiger partial charge in [0, 0.05) is 6.42 Å². The topological polar surface area (TPSA) is 29.5 Å². The highest BCUT2D eigenvalue weighted by Crippen LogP contribution is 2.23. The van der Waals surface area contributed by atoms with E-state index in [1.54, 1.807) is 0 Å². The predicted molar refractivity (Wildman–Crippen MR) is 44.3 cm³/mol. The molecule has 1 aliphatic rings. The first-order chi connectivity index (χ1) is 5.25. The summed E-state index contributed by atoms with van der Waals surface area (Å²) in [6.45, 7) is 4.45. The van der Waals surface area contributed by atoms with Crippen LogP contribution in [-0.4, -0.2) is 11.7 Å². The van der Waals surface area contributed by atoms with E-state index in [-0.39, 0.29) is 0 Å². The van der Waals surface area contributed by atoms with E-state index in [0.29, 0.717) is 12.4 Å². The molecule has 0 radical (unpaired) electrons. The molecule has 0 saturated carbocycles. The second kappa shape index (κ2) is 3.46. The third kappa shape index (κ3) is 1.76. The first-order valence-electron chi connectivity index (χ1n) is 3.97. The molecule has 0 amide bonds. The van der Waals surface area contributed by atoms with Crippen molar-refractivity contribution in [3.05, 3.63) is 23.2 Å². The Morgan fingerprint density at radius 1 is 1.64 bits per heavy atom. The van der Waals surface area contributed by atoms with E-state index >= 15 is 0 Å². The Balaban J connectivity index is 2.74. The average molecular weight is 154 g/mol. The molecule has 1 aliphatic carbocycles. The summed E-state index contributed by atoms with van der Waals surface area (Å²) in [5.74, 6) is 1.07. The summed E-state index contributed by atoms with van der Waals surface area (Å²) in [5.41, 5.74) is 0.930. The number of allylic oxidation sites excluding steroid dienone is 3. The van der Waals surface area contributed by atoms with E-state index in [9.17, 15) is 5.11 Å². The fourth-order valence-electron chi connectivity index (χ4n) is 1.17. The Hall–Kier alpha value is -0.920. The highest BCUT2D eigenvalue weighted by Gasteiger charge is 2.12. The van der Waals surface area contributed by atoms with Crippen molar-refractivity contribution >= 4 is 0 Å². The van der Waals surface area contributed by atoms with Crippen LogP contribution in [-0.2, 0) is 4.74 Å². The zero-order valence-electron chi connectivity index (χ0n) is 7.05. The van der Waals surface area contributed by atoms with Gasteiger partial charge in [0.25, 0.3) is 0 Å². The van der Waals surface area contributed by atoms with Crippen LogP contribution in [0.1, 0.15) is 26.7 Å². The molecule has 0 aromatic rings. The van der Waals surface area contributed by atoms with Crippen molar-refractivity contribution in [3.63, 3.8) is 0 Å². The van der Waals surface area contributed by atoms with Crippen molar-refractivity contribution < 1.29 is 9.84 Å². The van der Waals surface area contributed by atoms with Gasteiger partial charge >= 0.3 is 0 Å². The summed E-state index contributed by atoms with van der Waals surface area (Å²) in [7, 11) is 0. The Morgan fingerprint density at radius 3 is 3.00 bits per heavy atom. The number of hydrogen-bond acceptors (Lipinski definition) is 2. The molecule has 0 aliphatic heterocycles. The van der Waals surface area contributed by atoms with Gasteiger partial charge in [-0.05, 0) is 25.8 Å². The molecule has 0 unspecified atom stereocenters. The van der Waals surface area contributed by atoms with Crippen LogP contribution < -0.4 is 0 Å². The summed E-state index contributed by atoms with van der Waals surface area (Å²) in [4.78, 5) is 0. The minimum atomic E-state index is 0.332. The lowest BCUT2D eigenvalue weighted by molar-refractivity contribution is 0.194. The van der Waals surface area contributed by atoms with Crippen LogP contribution in [0.3, 0.4) is 0 Å². The number of ether oxygens (including phenoxy) is 1. The molecule has 11 heavy (non-hydrogen) atoms. The molecule has 0 bridgehead atoms. The first-order valence-corrected chi connectivity index (χ1v) is 3.97. The van der Waals surface area contributed by atoms with Crippen molar-refractivity contribution in [3.8, 4) is 0 Å². The molecule has 0 heterocycles. The molecule has 2 heteroatoms. The second-order valence-corrected chi connectivity index (χ2v) is 2.63. The fourth-order valence-corrected chi connectivity index (χ4v) is 1.17. The Morgan fingerprint density at radius 2 is 2.36 bits per heavy atom. The molecule has 0 spiro atoms. The summed E-state index contributed by atoms with van der Waals surface area (Å²) in [5, 5.41) is 9.45. The van der Waals surface area contributed by atoms with Crippen LogP contribution in [0.25, 0.3) is 0 Å². The second-order valence-electron chi connectivity index (χ2n) is 2.63. The molecular weight excluding hydrogens is 140 g/mol. The standard InChI is InChI=1S/C9H14O2/c1-3-11-8-6-4-5-7(2)9(8)10/h5,10H,3-4,6H2,1-2H3. The summed E-state index contributed by atoms with van der Waals surface area (Å²) in [6.07, 6.45) is 3.83. The monoisotopic (exact) mass is 154 g/mol. The van der Waals surface area contributed by atoms with Gasteiger partial charge < -0.3 is 9.84 Å². The SMILES string of the molecule is CCOC1=C(O)C(C)=CCC1. The van der Waals surface area contributed by atoms with Crippen LogP contribution in [0.2, 0.25) is 0 Å². The van der Waals surface area contributed by atoms with Gasteiger partial charge in [-0.2, -0.15) is 0 Å². The molecule has 62 valence electrons.